The van der Waals surface area contributed by atoms with Gasteiger partial charge in [-0.15, -0.1) is 0 Å². The van der Waals surface area contributed by atoms with Gasteiger partial charge in [-0.3, -0.25) is 0 Å². The molecule has 0 aliphatic carbocycles. The molecule has 120 valence electrons. The summed E-state index contributed by atoms with van der Waals surface area (Å²) in [5.41, 5.74) is -0.375. The van der Waals surface area contributed by atoms with Crippen molar-refractivity contribution in [1.29, 1.82) is 0 Å². The molecule has 0 unspecified atom stereocenters. The fraction of sp³-hybridized carbons (Fsp3) is 0.529. The van der Waals surface area contributed by atoms with Crippen molar-refractivity contribution in [3.8, 4) is 0 Å². The quantitative estimate of drug-likeness (QED) is 0.425. The summed E-state index contributed by atoms with van der Waals surface area (Å²) >= 11 is 2.18. The topological polar surface area (TPSA) is 47.9 Å². The van der Waals surface area contributed by atoms with E-state index >= 15 is 0 Å². The van der Waals surface area contributed by atoms with Crippen LogP contribution >= 0.6 is 22.6 Å². The number of rotatable bonds is 4. The summed E-state index contributed by atoms with van der Waals surface area (Å²) in [6.45, 7) is 8.22. The van der Waals surface area contributed by atoms with Gasteiger partial charge in [-0.2, -0.15) is 0 Å². The Morgan fingerprint density at radius 2 is 2.00 bits per heavy atom. The number of halogens is 1. The van der Waals surface area contributed by atoms with E-state index in [-0.39, 0.29) is 17.4 Å². The third-order valence-corrected chi connectivity index (χ3v) is 4.68. The van der Waals surface area contributed by atoms with E-state index < -0.39 is 5.60 Å². The largest absolute Gasteiger partial charge is 0.463 e. The van der Waals surface area contributed by atoms with Crippen LogP contribution in [0, 0.1) is 5.41 Å². The molecule has 2 atom stereocenters. The lowest BCUT2D eigenvalue weighted by atomic mass is 9.91. The number of alkyl halides is 1. The Morgan fingerprint density at radius 3 is 2.50 bits per heavy atom. The molecule has 0 radical (unpaired) electrons. The number of hydrogen-bond donors (Lipinski definition) is 0. The number of carbonyl (C=O) groups excluding carboxylic acids is 1. The fourth-order valence-corrected chi connectivity index (χ4v) is 3.25. The first-order valence-electron chi connectivity index (χ1n) is 7.40. The fourth-order valence-electron chi connectivity index (χ4n) is 2.36. The van der Waals surface area contributed by atoms with Crippen molar-refractivity contribution in [3.63, 3.8) is 0 Å². The summed E-state index contributed by atoms with van der Waals surface area (Å²) in [4.78, 5) is 17.4. The number of hydrogen-bond acceptors (Lipinski definition) is 4. The highest BCUT2D eigenvalue weighted by Crippen LogP contribution is 2.43. The first kappa shape index (κ1) is 17.2. The molecule has 2 rings (SSSR count). The van der Waals surface area contributed by atoms with Gasteiger partial charge in [0.15, 0.2) is 5.90 Å². The Morgan fingerprint density at radius 1 is 1.36 bits per heavy atom. The van der Waals surface area contributed by atoms with Gasteiger partial charge in [0.05, 0.1) is 11.0 Å². The van der Waals surface area contributed by atoms with Crippen molar-refractivity contribution in [2.75, 3.05) is 11.0 Å². The van der Waals surface area contributed by atoms with E-state index in [1.165, 1.54) is 0 Å². The minimum atomic E-state index is -1.08. The maximum absolute atomic E-state index is 12.6. The molecule has 0 saturated heterocycles. The van der Waals surface area contributed by atoms with Crippen molar-refractivity contribution < 1.29 is 14.3 Å². The summed E-state index contributed by atoms with van der Waals surface area (Å²) in [5.74, 6) is 0.257. The van der Waals surface area contributed by atoms with Crippen LogP contribution in [0.15, 0.2) is 35.3 Å². The lowest BCUT2D eigenvalue weighted by molar-refractivity contribution is -0.161. The average molecular weight is 415 g/mol. The average Bonchev–Trinajstić information content (AvgIpc) is 2.89. The molecule has 5 heteroatoms. The zero-order valence-corrected chi connectivity index (χ0v) is 15.6. The predicted octanol–water partition coefficient (Wildman–Crippen LogP) is 3.94. The van der Waals surface area contributed by atoms with Crippen molar-refractivity contribution in [2.24, 2.45) is 10.4 Å². The van der Waals surface area contributed by atoms with Gasteiger partial charge in [0, 0.05) is 5.41 Å². The highest BCUT2D eigenvalue weighted by atomic mass is 127. The van der Waals surface area contributed by atoms with Crippen LogP contribution in [0.25, 0.3) is 0 Å². The van der Waals surface area contributed by atoms with Gasteiger partial charge in [-0.1, -0.05) is 73.7 Å². The van der Waals surface area contributed by atoms with Gasteiger partial charge in [-0.25, -0.2) is 9.79 Å². The summed E-state index contributed by atoms with van der Waals surface area (Å²) in [6, 6.07) is 9.42. The first-order valence-corrected chi connectivity index (χ1v) is 8.93. The highest BCUT2D eigenvalue weighted by Gasteiger charge is 2.55. The highest BCUT2D eigenvalue weighted by molar-refractivity contribution is 14.1. The molecule has 1 aromatic carbocycles. The molecular weight excluding hydrogens is 393 g/mol. The molecule has 0 fully saturated rings. The molecule has 0 spiro atoms. The second kappa shape index (κ2) is 6.56. The molecule has 1 aliphatic heterocycles. The molecule has 4 nitrogen and oxygen atoms in total. The Labute approximate surface area is 145 Å². The van der Waals surface area contributed by atoms with Crippen LogP contribution in [0.1, 0.15) is 39.3 Å². The van der Waals surface area contributed by atoms with Crippen LogP contribution in [0.2, 0.25) is 0 Å². The Kier molecular flexibility index (Phi) is 5.14. The van der Waals surface area contributed by atoms with Crippen LogP contribution in [-0.2, 0) is 14.3 Å². The maximum Gasteiger partial charge on any atom is 0.354 e. The molecule has 1 aliphatic rings. The minimum Gasteiger partial charge on any atom is -0.463 e. The number of nitrogens with zero attached hydrogens (tertiary/aromatic N) is 1. The minimum absolute atomic E-state index is 0.257. The van der Waals surface area contributed by atoms with Crippen LogP contribution < -0.4 is 0 Å². The second-order valence-electron chi connectivity index (χ2n) is 6.34. The normalized spacial score (nSPS) is 24.6. The smallest absolute Gasteiger partial charge is 0.354 e. The molecule has 0 N–H and O–H groups in total. The third kappa shape index (κ3) is 3.14. The molecule has 22 heavy (non-hydrogen) atoms. The summed E-state index contributed by atoms with van der Waals surface area (Å²) in [6.07, 6.45) is 0. The monoisotopic (exact) mass is 415 g/mol. The molecule has 0 amide bonds. The lowest BCUT2D eigenvalue weighted by Gasteiger charge is -2.31. The van der Waals surface area contributed by atoms with Crippen LogP contribution in [-0.4, -0.2) is 28.5 Å². The van der Waals surface area contributed by atoms with E-state index in [1.54, 1.807) is 6.92 Å². The van der Waals surface area contributed by atoms with Crippen molar-refractivity contribution in [3.05, 3.63) is 35.9 Å². The summed E-state index contributed by atoms with van der Waals surface area (Å²) in [5, 5.41) is 0. The van der Waals surface area contributed by atoms with Crippen molar-refractivity contribution in [2.45, 2.75) is 39.3 Å². The predicted molar refractivity (Wildman–Crippen MR) is 95.4 cm³/mol. The van der Waals surface area contributed by atoms with Gasteiger partial charge in [0.25, 0.3) is 0 Å². The van der Waals surface area contributed by atoms with Gasteiger partial charge in [0.2, 0.25) is 5.60 Å². The van der Waals surface area contributed by atoms with Crippen LogP contribution in [0.3, 0.4) is 0 Å². The van der Waals surface area contributed by atoms with Crippen LogP contribution in [0.5, 0.6) is 0 Å². The molecule has 0 saturated carbocycles. The number of aliphatic imine (C=N–C) groups is 1. The van der Waals surface area contributed by atoms with E-state index in [0.717, 1.165) is 5.56 Å². The zero-order chi connectivity index (χ0) is 16.4. The number of esters is 1. The molecule has 0 aromatic heterocycles. The number of benzene rings is 1. The maximum atomic E-state index is 12.6. The van der Waals surface area contributed by atoms with E-state index in [0.29, 0.717) is 16.9 Å². The Hall–Kier alpha value is -1.11. The molecule has 1 aromatic rings. The molecule has 0 bridgehead atoms. The zero-order valence-electron chi connectivity index (χ0n) is 13.4. The van der Waals surface area contributed by atoms with E-state index in [1.807, 2.05) is 51.1 Å². The Balaban J connectivity index is 2.50. The number of ether oxygens (including phenoxy) is 2. The Bertz CT molecular complexity index is 565. The van der Waals surface area contributed by atoms with E-state index in [9.17, 15) is 4.79 Å². The summed E-state index contributed by atoms with van der Waals surface area (Å²) < 4.78 is 11.9. The standard InChI is InChI=1S/C17H22INO3/c1-5-21-15(20)17(11-18)13(12-9-7-6-8-10-12)19-14(22-17)16(2,3)4/h6-10,13H,5,11H2,1-4H3/t13-,17+/m0/s1. The van der Waals surface area contributed by atoms with Crippen LogP contribution in [0.4, 0.5) is 0 Å². The molecular formula is C17H22INO3. The van der Waals surface area contributed by atoms with E-state index in [4.69, 9.17) is 14.5 Å². The third-order valence-electron chi connectivity index (χ3n) is 3.54. The lowest BCUT2D eigenvalue weighted by Crippen LogP contribution is -2.48. The van der Waals surface area contributed by atoms with E-state index in [2.05, 4.69) is 22.6 Å². The van der Waals surface area contributed by atoms with Crippen molar-refractivity contribution >= 4 is 34.5 Å². The van der Waals surface area contributed by atoms with Crippen molar-refractivity contribution in [1.82, 2.24) is 0 Å². The van der Waals surface area contributed by atoms with Gasteiger partial charge >= 0.3 is 5.97 Å². The summed E-state index contributed by atoms with van der Waals surface area (Å²) in [7, 11) is 0. The van der Waals surface area contributed by atoms with Gasteiger partial charge < -0.3 is 9.47 Å². The first-order chi connectivity index (χ1) is 10.3. The van der Waals surface area contributed by atoms with Gasteiger partial charge in [-0.05, 0) is 12.5 Å². The van der Waals surface area contributed by atoms with Gasteiger partial charge in [0.1, 0.15) is 6.04 Å². The SMILES string of the molecule is CCOC(=O)[C@]1(CI)OC(C(C)(C)C)=N[C@H]1c1ccccc1. The number of carbonyl (C=O) groups is 1. The molecule has 1 heterocycles. The second-order valence-corrected chi connectivity index (χ2v) is 7.11.